The van der Waals surface area contributed by atoms with Gasteiger partial charge in [0.15, 0.2) is 25.0 Å². The third-order valence-electron chi connectivity index (χ3n) is 6.37. The van der Waals surface area contributed by atoms with E-state index in [-0.39, 0.29) is 0 Å². The molecule has 0 aromatic heterocycles. The van der Waals surface area contributed by atoms with Crippen LogP contribution in [0.4, 0.5) is 0 Å². The summed E-state index contributed by atoms with van der Waals surface area (Å²) in [6.07, 6.45) is -25.3. The van der Waals surface area contributed by atoms with Gasteiger partial charge in [-0.05, 0) is 0 Å². The van der Waals surface area contributed by atoms with Crippen LogP contribution in [0.15, 0.2) is 0 Å². The van der Waals surface area contributed by atoms with Crippen LogP contribution in [0.3, 0.4) is 0 Å². The quantitative estimate of drug-likeness (QED) is 0.127. The molecule has 3 saturated heterocycles. The molecule has 0 aromatic carbocycles. The van der Waals surface area contributed by atoms with Crippen molar-refractivity contribution >= 4 is 5.97 Å². The molecule has 37 heavy (non-hydrogen) atoms. The predicted octanol–water partition coefficient (Wildman–Crippen LogP) is -7.00. The summed E-state index contributed by atoms with van der Waals surface area (Å²) in [5.74, 6) is -0.887. The van der Waals surface area contributed by atoms with Gasteiger partial charge in [0.25, 0.3) is 0 Å². The van der Waals surface area contributed by atoms with Gasteiger partial charge < -0.3 is 79.5 Å². The molecule has 0 aliphatic carbocycles. The van der Waals surface area contributed by atoms with Crippen molar-refractivity contribution < 1.29 is 84.3 Å². The minimum absolute atomic E-state index is 0.769. The minimum Gasteiger partial charge on any atom is -0.454 e. The summed E-state index contributed by atoms with van der Waals surface area (Å²) < 4.78 is 31.8. The molecular weight excluding hydrogens is 512 g/mol. The number of ether oxygens (including phenoxy) is 6. The maximum Gasteiger partial charge on any atom is 0.303 e. The maximum atomic E-state index is 11.5. The lowest BCUT2D eigenvalue weighted by molar-refractivity contribution is -0.377. The number of aliphatic hydroxyl groups excluding tert-OH is 10. The Bertz CT molecular complexity index is 738. The average Bonchev–Trinajstić information content (AvgIpc) is 2.87. The van der Waals surface area contributed by atoms with Crippen molar-refractivity contribution in [3.63, 3.8) is 0 Å². The summed E-state index contributed by atoms with van der Waals surface area (Å²) in [4.78, 5) is 11.5. The SMILES string of the molecule is CC(=O)O[C@H]1[C@@H](O[C@H]2[C@H](O)[C@@H](O)[C@@H](O[C@H]3[C@H](O)[C@@H](O)C(O)O[C@@H]3CO)O[C@@H]2CO)O[C@H](CO)[C@@H](O)[C@@H]1O. The Morgan fingerprint density at radius 2 is 1.05 bits per heavy atom. The fourth-order valence-corrected chi connectivity index (χ4v) is 4.36. The minimum atomic E-state index is -1.94. The first-order valence-corrected chi connectivity index (χ1v) is 11.5. The second-order valence-corrected chi connectivity index (χ2v) is 8.92. The Labute approximate surface area is 209 Å². The van der Waals surface area contributed by atoms with Gasteiger partial charge in [-0.1, -0.05) is 0 Å². The molecule has 17 heteroatoms. The number of aliphatic hydroxyl groups is 10. The zero-order valence-corrected chi connectivity index (χ0v) is 19.6. The van der Waals surface area contributed by atoms with Gasteiger partial charge in [-0.15, -0.1) is 0 Å². The first-order valence-electron chi connectivity index (χ1n) is 11.5. The highest BCUT2D eigenvalue weighted by atomic mass is 16.8. The molecule has 0 saturated carbocycles. The molecule has 3 rings (SSSR count). The van der Waals surface area contributed by atoms with E-state index in [1.807, 2.05) is 0 Å². The van der Waals surface area contributed by atoms with Crippen molar-refractivity contribution in [2.75, 3.05) is 19.8 Å². The Balaban J connectivity index is 1.77. The number of hydrogen-bond donors (Lipinski definition) is 10. The summed E-state index contributed by atoms with van der Waals surface area (Å²) in [5.41, 5.74) is 0. The van der Waals surface area contributed by atoms with E-state index in [0.29, 0.717) is 0 Å². The number of carbonyl (C=O) groups is 1. The molecule has 3 fully saturated rings. The van der Waals surface area contributed by atoms with Gasteiger partial charge in [-0.3, -0.25) is 4.79 Å². The van der Waals surface area contributed by atoms with E-state index in [1.165, 1.54) is 0 Å². The lowest BCUT2D eigenvalue weighted by Gasteiger charge is -2.48. The largest absolute Gasteiger partial charge is 0.454 e. The Morgan fingerprint density at radius 1 is 0.595 bits per heavy atom. The van der Waals surface area contributed by atoms with Crippen molar-refractivity contribution in [2.45, 2.75) is 99.0 Å². The van der Waals surface area contributed by atoms with Crippen LogP contribution in [-0.4, -0.2) is 169 Å². The van der Waals surface area contributed by atoms with E-state index in [2.05, 4.69) is 0 Å². The number of esters is 1. The molecule has 17 nitrogen and oxygen atoms in total. The van der Waals surface area contributed by atoms with Crippen LogP contribution in [0.1, 0.15) is 6.92 Å². The van der Waals surface area contributed by atoms with Crippen LogP contribution in [0.5, 0.6) is 0 Å². The molecule has 3 heterocycles. The molecule has 0 amide bonds. The van der Waals surface area contributed by atoms with Crippen molar-refractivity contribution in [3.8, 4) is 0 Å². The lowest BCUT2D eigenvalue weighted by atomic mass is 9.96. The van der Waals surface area contributed by atoms with Gasteiger partial charge in [0.1, 0.15) is 67.1 Å². The zero-order valence-electron chi connectivity index (χ0n) is 19.6. The molecule has 3 aliphatic heterocycles. The molecule has 0 bridgehead atoms. The lowest BCUT2D eigenvalue weighted by Crippen LogP contribution is -2.66. The second kappa shape index (κ2) is 12.8. The first kappa shape index (κ1) is 30.4. The smallest absolute Gasteiger partial charge is 0.303 e. The molecule has 0 spiro atoms. The van der Waals surface area contributed by atoms with Gasteiger partial charge in [-0.25, -0.2) is 0 Å². The van der Waals surface area contributed by atoms with Crippen LogP contribution in [-0.2, 0) is 33.2 Å². The Hall–Kier alpha value is -1.13. The number of rotatable bonds is 8. The van der Waals surface area contributed by atoms with E-state index in [4.69, 9.17) is 28.4 Å². The fourth-order valence-electron chi connectivity index (χ4n) is 4.36. The van der Waals surface area contributed by atoms with Crippen LogP contribution >= 0.6 is 0 Å². The standard InChI is InChI=1S/C20H34O17/c1-5(24)32-17-10(26)9(25)6(2-21)34-20(17)37-16-8(4-23)35-19(14(30)12(16)28)36-15-7(3-22)33-18(31)13(29)11(15)27/h6-23,25-31H,2-4H2,1H3/t6-,7-,8-,9-,10+,11-,12-,13-,14-,15-,16-,17-,18?,19-,20-/m1/s1. The maximum absolute atomic E-state index is 11.5. The van der Waals surface area contributed by atoms with Crippen molar-refractivity contribution in [3.05, 3.63) is 0 Å². The molecule has 216 valence electrons. The summed E-state index contributed by atoms with van der Waals surface area (Å²) in [6, 6.07) is 0. The molecule has 1 unspecified atom stereocenters. The monoisotopic (exact) mass is 546 g/mol. The van der Waals surface area contributed by atoms with Gasteiger partial charge in [0.2, 0.25) is 0 Å². The van der Waals surface area contributed by atoms with Crippen LogP contribution in [0.25, 0.3) is 0 Å². The molecule has 10 N–H and O–H groups in total. The second-order valence-electron chi connectivity index (χ2n) is 8.92. The normalized spacial score (nSPS) is 49.0. The Kier molecular flexibility index (Phi) is 10.5. The first-order chi connectivity index (χ1) is 17.4. The summed E-state index contributed by atoms with van der Waals surface area (Å²) in [7, 11) is 0. The van der Waals surface area contributed by atoms with Gasteiger partial charge in [0.05, 0.1) is 19.8 Å². The molecule has 15 atom stereocenters. The van der Waals surface area contributed by atoms with Gasteiger partial charge >= 0.3 is 5.97 Å². The van der Waals surface area contributed by atoms with Crippen molar-refractivity contribution in [2.24, 2.45) is 0 Å². The molecular formula is C20H34O17. The molecule has 3 aliphatic rings. The third-order valence-corrected chi connectivity index (χ3v) is 6.37. The van der Waals surface area contributed by atoms with Crippen LogP contribution in [0.2, 0.25) is 0 Å². The average molecular weight is 546 g/mol. The van der Waals surface area contributed by atoms with Gasteiger partial charge in [-0.2, -0.15) is 0 Å². The van der Waals surface area contributed by atoms with E-state index >= 15 is 0 Å². The highest BCUT2D eigenvalue weighted by Gasteiger charge is 2.54. The highest BCUT2D eigenvalue weighted by molar-refractivity contribution is 5.66. The summed E-state index contributed by atoms with van der Waals surface area (Å²) in [6.45, 7) is -1.38. The third kappa shape index (κ3) is 6.38. The van der Waals surface area contributed by atoms with Crippen molar-refractivity contribution in [1.29, 1.82) is 0 Å². The van der Waals surface area contributed by atoms with E-state index in [0.717, 1.165) is 6.92 Å². The highest BCUT2D eigenvalue weighted by Crippen LogP contribution is 2.32. The van der Waals surface area contributed by atoms with E-state index in [9.17, 15) is 55.9 Å². The summed E-state index contributed by atoms with van der Waals surface area (Å²) >= 11 is 0. The molecule has 0 radical (unpaired) electrons. The number of hydrogen-bond acceptors (Lipinski definition) is 17. The Morgan fingerprint density at radius 3 is 1.59 bits per heavy atom. The zero-order chi connectivity index (χ0) is 27.6. The van der Waals surface area contributed by atoms with E-state index in [1.54, 1.807) is 0 Å². The topological polar surface area (TPSA) is 275 Å². The summed E-state index contributed by atoms with van der Waals surface area (Å²) in [5, 5.41) is 100. The predicted molar refractivity (Wildman–Crippen MR) is 111 cm³/mol. The van der Waals surface area contributed by atoms with Gasteiger partial charge in [0, 0.05) is 6.92 Å². The number of carbonyl (C=O) groups excluding carboxylic acids is 1. The van der Waals surface area contributed by atoms with E-state index < -0.39 is 118 Å². The fraction of sp³-hybridized carbons (Fsp3) is 0.950. The van der Waals surface area contributed by atoms with Crippen LogP contribution < -0.4 is 0 Å². The molecule has 0 aromatic rings. The van der Waals surface area contributed by atoms with Crippen LogP contribution in [0, 0.1) is 0 Å². The van der Waals surface area contributed by atoms with Crippen molar-refractivity contribution in [1.82, 2.24) is 0 Å².